The molecule has 0 radical (unpaired) electrons. The second-order valence-electron chi connectivity index (χ2n) is 9.40. The molecule has 1 aromatic heterocycles. The highest BCUT2D eigenvalue weighted by Gasteiger charge is 2.18. The van der Waals surface area contributed by atoms with Crippen molar-refractivity contribution in [3.8, 4) is 34.0 Å². The fourth-order valence-electron chi connectivity index (χ4n) is 4.65. The Labute approximate surface area is 239 Å². The van der Waals surface area contributed by atoms with Crippen molar-refractivity contribution in [3.05, 3.63) is 157 Å². The summed E-state index contributed by atoms with van der Waals surface area (Å²) in [6, 6.07) is 36.3. The molecule has 6 rings (SSSR count). The average molecular weight is 563 g/mol. The van der Waals surface area contributed by atoms with Gasteiger partial charge in [0.1, 0.15) is 23.2 Å². The van der Waals surface area contributed by atoms with E-state index in [1.165, 1.54) is 24.3 Å². The van der Waals surface area contributed by atoms with Crippen LogP contribution in [-0.2, 0) is 0 Å². The third kappa shape index (κ3) is 5.58. The molecule has 0 aliphatic rings. The number of anilines is 3. The Morgan fingerprint density at radius 1 is 0.476 bits per heavy atom. The normalized spacial score (nSPS) is 10.9. The molecule has 0 saturated heterocycles. The van der Waals surface area contributed by atoms with Crippen LogP contribution in [0.3, 0.4) is 0 Å². The number of hydrogen-bond acceptors (Lipinski definition) is 3. The molecule has 0 atom stereocenters. The van der Waals surface area contributed by atoms with E-state index in [4.69, 9.17) is 4.74 Å². The van der Waals surface area contributed by atoms with Gasteiger partial charge in [0.2, 0.25) is 0 Å². The molecule has 42 heavy (non-hydrogen) atoms. The van der Waals surface area contributed by atoms with Gasteiger partial charge in [-0.1, -0.05) is 48.5 Å². The lowest BCUT2D eigenvalue weighted by atomic mass is 10.1. The Hall–Kier alpha value is -5.43. The number of rotatable bonds is 7. The lowest BCUT2D eigenvalue weighted by Crippen LogP contribution is -2.09. The third-order valence-electron chi connectivity index (χ3n) is 6.59. The van der Waals surface area contributed by atoms with E-state index in [1.807, 2.05) is 71.6 Å². The molecule has 0 aliphatic heterocycles. The number of halogens is 4. The monoisotopic (exact) mass is 562 g/mol. The van der Waals surface area contributed by atoms with E-state index in [0.717, 1.165) is 35.3 Å². The Morgan fingerprint density at radius 2 is 1.07 bits per heavy atom. The van der Waals surface area contributed by atoms with Crippen LogP contribution in [0, 0.1) is 23.3 Å². The lowest BCUT2D eigenvalue weighted by Gasteiger charge is -2.25. The van der Waals surface area contributed by atoms with Crippen LogP contribution in [0.4, 0.5) is 34.6 Å². The summed E-state index contributed by atoms with van der Waals surface area (Å²) < 4.78 is 63.7. The van der Waals surface area contributed by atoms with Crippen LogP contribution in [-0.4, -0.2) is 4.98 Å². The topological polar surface area (TPSA) is 25.4 Å². The highest BCUT2D eigenvalue weighted by atomic mass is 19.1. The van der Waals surface area contributed by atoms with Crippen molar-refractivity contribution in [2.45, 2.75) is 0 Å². The summed E-state index contributed by atoms with van der Waals surface area (Å²) in [4.78, 5) is 6.39. The van der Waals surface area contributed by atoms with Crippen molar-refractivity contribution < 1.29 is 22.3 Å². The third-order valence-corrected chi connectivity index (χ3v) is 6.59. The summed E-state index contributed by atoms with van der Waals surface area (Å²) in [5.74, 6) is -3.17. The number of para-hydroxylation sites is 2. The standard InChI is InChI=1S/C35H22F4N2O/c36-23-17-18-28(30(37)19-23)33-15-8-16-34(40-33)29-21-35(32(39)22-31(29)38)42-27-14-7-13-26(20-27)41(24-9-3-1-4-10-24)25-11-5-2-6-12-25/h1-22H. The van der Waals surface area contributed by atoms with Crippen LogP contribution in [0.15, 0.2) is 133 Å². The molecule has 0 bridgehead atoms. The van der Waals surface area contributed by atoms with Gasteiger partial charge in [0.05, 0.1) is 11.4 Å². The fraction of sp³-hybridized carbons (Fsp3) is 0. The van der Waals surface area contributed by atoms with Crippen LogP contribution in [0.2, 0.25) is 0 Å². The molecule has 0 N–H and O–H groups in total. The maximum Gasteiger partial charge on any atom is 0.168 e. The zero-order valence-corrected chi connectivity index (χ0v) is 22.0. The molecular formula is C35H22F4N2O. The molecule has 0 spiro atoms. The summed E-state index contributed by atoms with van der Waals surface area (Å²) in [6.07, 6.45) is 0. The molecule has 206 valence electrons. The predicted octanol–water partition coefficient (Wildman–Crippen LogP) is 10.2. The van der Waals surface area contributed by atoms with Gasteiger partial charge in [0.15, 0.2) is 11.6 Å². The van der Waals surface area contributed by atoms with E-state index >= 15 is 4.39 Å². The van der Waals surface area contributed by atoms with Crippen molar-refractivity contribution in [3.63, 3.8) is 0 Å². The number of hydrogen-bond donors (Lipinski definition) is 0. The largest absolute Gasteiger partial charge is 0.454 e. The minimum absolute atomic E-state index is 0.0397. The molecule has 0 saturated carbocycles. The zero-order valence-electron chi connectivity index (χ0n) is 22.0. The first kappa shape index (κ1) is 26.8. The van der Waals surface area contributed by atoms with E-state index in [-0.39, 0.29) is 28.3 Å². The summed E-state index contributed by atoms with van der Waals surface area (Å²) in [5.41, 5.74) is 2.91. The summed E-state index contributed by atoms with van der Waals surface area (Å²) in [6.45, 7) is 0. The number of ether oxygens (including phenoxy) is 1. The van der Waals surface area contributed by atoms with Gasteiger partial charge in [-0.15, -0.1) is 0 Å². The fourth-order valence-corrected chi connectivity index (χ4v) is 4.65. The van der Waals surface area contributed by atoms with Crippen molar-refractivity contribution in [1.82, 2.24) is 4.98 Å². The van der Waals surface area contributed by atoms with Gasteiger partial charge in [-0.05, 0) is 66.7 Å². The van der Waals surface area contributed by atoms with Gasteiger partial charge >= 0.3 is 0 Å². The molecule has 0 fully saturated rings. The van der Waals surface area contributed by atoms with Gasteiger partial charge < -0.3 is 9.64 Å². The van der Waals surface area contributed by atoms with E-state index in [1.54, 1.807) is 24.3 Å². The number of pyridine rings is 1. The average Bonchev–Trinajstić information content (AvgIpc) is 3.00. The molecule has 7 heteroatoms. The first-order valence-corrected chi connectivity index (χ1v) is 13.1. The summed E-state index contributed by atoms with van der Waals surface area (Å²) >= 11 is 0. The summed E-state index contributed by atoms with van der Waals surface area (Å²) in [7, 11) is 0. The second kappa shape index (κ2) is 11.6. The van der Waals surface area contributed by atoms with E-state index in [9.17, 15) is 13.2 Å². The minimum Gasteiger partial charge on any atom is -0.454 e. The van der Waals surface area contributed by atoms with Gasteiger partial charge in [0, 0.05) is 46.4 Å². The molecule has 0 unspecified atom stereocenters. The molecule has 3 nitrogen and oxygen atoms in total. The van der Waals surface area contributed by atoms with E-state index in [2.05, 4.69) is 4.98 Å². The van der Waals surface area contributed by atoms with E-state index < -0.39 is 23.3 Å². The molecule has 0 aliphatic carbocycles. The highest BCUT2D eigenvalue weighted by Crippen LogP contribution is 2.38. The molecule has 5 aromatic carbocycles. The van der Waals surface area contributed by atoms with Gasteiger partial charge in [-0.2, -0.15) is 0 Å². The Bertz CT molecular complexity index is 1820. The smallest absolute Gasteiger partial charge is 0.168 e. The Kier molecular flexibility index (Phi) is 7.39. The first-order chi connectivity index (χ1) is 20.5. The quantitative estimate of drug-likeness (QED) is 0.181. The summed E-state index contributed by atoms with van der Waals surface area (Å²) in [5, 5.41) is 0. The van der Waals surface area contributed by atoms with E-state index in [0.29, 0.717) is 5.75 Å². The SMILES string of the molecule is Fc1ccc(-c2cccc(-c3cc(Oc4cccc(N(c5ccccc5)c5ccccc5)c4)c(F)cc3F)n2)c(F)c1. The Morgan fingerprint density at radius 3 is 1.74 bits per heavy atom. The number of nitrogens with zero attached hydrogens (tertiary/aromatic N) is 2. The second-order valence-corrected chi connectivity index (χ2v) is 9.40. The van der Waals surface area contributed by atoms with Crippen LogP contribution in [0.25, 0.3) is 22.5 Å². The number of benzene rings is 5. The van der Waals surface area contributed by atoms with Crippen molar-refractivity contribution in [1.29, 1.82) is 0 Å². The van der Waals surface area contributed by atoms with Crippen LogP contribution in [0.1, 0.15) is 0 Å². The van der Waals surface area contributed by atoms with Crippen molar-refractivity contribution >= 4 is 17.1 Å². The van der Waals surface area contributed by atoms with Crippen molar-refractivity contribution in [2.75, 3.05) is 4.90 Å². The maximum absolute atomic E-state index is 15.0. The Balaban J connectivity index is 1.35. The van der Waals surface area contributed by atoms with Gasteiger partial charge in [-0.3, -0.25) is 0 Å². The minimum atomic E-state index is -0.898. The molecule has 0 amide bonds. The maximum atomic E-state index is 15.0. The molecule has 1 heterocycles. The highest BCUT2D eigenvalue weighted by molar-refractivity contribution is 5.77. The predicted molar refractivity (Wildman–Crippen MR) is 156 cm³/mol. The van der Waals surface area contributed by atoms with Crippen molar-refractivity contribution in [2.24, 2.45) is 0 Å². The molecule has 6 aromatic rings. The van der Waals surface area contributed by atoms with Crippen LogP contribution in [0.5, 0.6) is 11.5 Å². The first-order valence-electron chi connectivity index (χ1n) is 13.1. The van der Waals surface area contributed by atoms with Crippen LogP contribution < -0.4 is 9.64 Å². The lowest BCUT2D eigenvalue weighted by molar-refractivity contribution is 0.438. The van der Waals surface area contributed by atoms with Gasteiger partial charge in [0.25, 0.3) is 0 Å². The number of aromatic nitrogens is 1. The molecular weight excluding hydrogens is 540 g/mol. The zero-order chi connectivity index (χ0) is 29.1. The van der Waals surface area contributed by atoms with Crippen LogP contribution >= 0.6 is 0 Å². The van der Waals surface area contributed by atoms with Gasteiger partial charge in [-0.25, -0.2) is 22.5 Å².